The van der Waals surface area contributed by atoms with Crippen LogP contribution in [0.1, 0.15) is 149 Å². The largest absolute Gasteiger partial charge is 0.477 e. The fourth-order valence-corrected chi connectivity index (χ4v) is 6.08. The first kappa shape index (κ1) is 59.5. The SMILES string of the molecule is CC/C=C/C/C=C/C/C=C/C/C=C/C/C=C/C/C=C/CCC(=O)OCC(COCCC(C(=O)O)[N+](C)(C)C)OC(=O)CCCC/C=C/C/C=C/C/C=C/C/C=C/C/C=C/CCCCC. The Morgan fingerprint density at radius 3 is 1.30 bits per heavy atom. The molecule has 0 aliphatic rings. The zero-order chi connectivity index (χ0) is 47.0. The summed E-state index contributed by atoms with van der Waals surface area (Å²) in [5, 5.41) is 9.64. The molecule has 0 heterocycles. The van der Waals surface area contributed by atoms with Crippen molar-refractivity contribution >= 4 is 17.9 Å². The minimum atomic E-state index is -0.898. The van der Waals surface area contributed by atoms with E-state index in [1.165, 1.54) is 25.7 Å². The minimum absolute atomic E-state index is 0.00979. The van der Waals surface area contributed by atoms with Gasteiger partial charge in [-0.05, 0) is 103 Å². The van der Waals surface area contributed by atoms with Gasteiger partial charge >= 0.3 is 17.9 Å². The molecule has 8 heteroatoms. The summed E-state index contributed by atoms with van der Waals surface area (Å²) >= 11 is 0. The van der Waals surface area contributed by atoms with Crippen LogP contribution in [0, 0.1) is 0 Å². The van der Waals surface area contributed by atoms with Gasteiger partial charge in [-0.2, -0.15) is 0 Å². The molecule has 0 radical (unpaired) electrons. The number of carboxylic acids is 1. The molecule has 358 valence electrons. The highest BCUT2D eigenvalue weighted by molar-refractivity contribution is 5.72. The smallest absolute Gasteiger partial charge is 0.362 e. The molecule has 1 N–H and O–H groups in total. The second-order valence-electron chi connectivity index (χ2n) is 16.6. The molecule has 0 aromatic heterocycles. The number of carboxylic acid groups (broad SMARTS) is 1. The summed E-state index contributed by atoms with van der Waals surface area (Å²) in [6.07, 6.45) is 65.2. The second kappa shape index (κ2) is 45.1. The fraction of sp³-hybridized carbons (Fsp3) is 0.554. The lowest BCUT2D eigenvalue weighted by Crippen LogP contribution is -2.50. The first-order valence-electron chi connectivity index (χ1n) is 24.2. The fourth-order valence-electron chi connectivity index (χ4n) is 6.08. The van der Waals surface area contributed by atoms with Crippen molar-refractivity contribution in [2.75, 3.05) is 41.0 Å². The van der Waals surface area contributed by atoms with Gasteiger partial charge in [0.05, 0.1) is 34.4 Å². The number of allylic oxidation sites excluding steroid dienone is 22. The highest BCUT2D eigenvalue weighted by atomic mass is 16.6. The van der Waals surface area contributed by atoms with Crippen LogP contribution in [0.2, 0.25) is 0 Å². The van der Waals surface area contributed by atoms with Gasteiger partial charge in [0.2, 0.25) is 0 Å². The van der Waals surface area contributed by atoms with Gasteiger partial charge in [-0.15, -0.1) is 0 Å². The molecule has 64 heavy (non-hydrogen) atoms. The lowest BCUT2D eigenvalue weighted by atomic mass is 10.1. The van der Waals surface area contributed by atoms with E-state index in [0.717, 1.165) is 77.0 Å². The van der Waals surface area contributed by atoms with E-state index in [4.69, 9.17) is 14.2 Å². The van der Waals surface area contributed by atoms with E-state index in [2.05, 4.69) is 135 Å². The Balaban J connectivity index is 4.53. The minimum Gasteiger partial charge on any atom is -0.477 e. The highest BCUT2D eigenvalue weighted by Gasteiger charge is 2.31. The molecule has 0 aliphatic carbocycles. The number of rotatable bonds is 41. The average Bonchev–Trinajstić information content (AvgIpc) is 3.26. The first-order valence-corrected chi connectivity index (χ1v) is 24.2. The van der Waals surface area contributed by atoms with Gasteiger partial charge in [0.15, 0.2) is 12.1 Å². The zero-order valence-corrected chi connectivity index (χ0v) is 40.7. The molecule has 0 bridgehead atoms. The van der Waals surface area contributed by atoms with Gasteiger partial charge in [-0.25, -0.2) is 4.79 Å². The van der Waals surface area contributed by atoms with Crippen molar-refractivity contribution in [3.05, 3.63) is 134 Å². The maximum Gasteiger partial charge on any atom is 0.362 e. The molecule has 8 nitrogen and oxygen atoms in total. The number of hydrogen-bond donors (Lipinski definition) is 1. The number of quaternary nitrogens is 1. The van der Waals surface area contributed by atoms with Crippen LogP contribution in [0.5, 0.6) is 0 Å². The molecule has 0 amide bonds. The van der Waals surface area contributed by atoms with Crippen LogP contribution in [0.25, 0.3) is 0 Å². The van der Waals surface area contributed by atoms with Crippen molar-refractivity contribution in [3.63, 3.8) is 0 Å². The number of ether oxygens (including phenoxy) is 3. The van der Waals surface area contributed by atoms with Gasteiger partial charge in [-0.1, -0.05) is 160 Å². The Kier molecular flexibility index (Phi) is 41.9. The van der Waals surface area contributed by atoms with Crippen molar-refractivity contribution in [2.24, 2.45) is 0 Å². The van der Waals surface area contributed by atoms with E-state index in [1.54, 1.807) is 0 Å². The molecule has 0 aliphatic heterocycles. The van der Waals surface area contributed by atoms with Crippen LogP contribution in [0.15, 0.2) is 134 Å². The first-order chi connectivity index (χ1) is 31.1. The van der Waals surface area contributed by atoms with E-state index in [1.807, 2.05) is 33.3 Å². The number of unbranched alkanes of at least 4 members (excludes halogenated alkanes) is 5. The van der Waals surface area contributed by atoms with Gasteiger partial charge in [-0.3, -0.25) is 9.59 Å². The van der Waals surface area contributed by atoms with Crippen LogP contribution in [-0.2, 0) is 28.6 Å². The molecular weight excluding hydrogens is 799 g/mol. The van der Waals surface area contributed by atoms with E-state index >= 15 is 0 Å². The Bertz CT molecular complexity index is 1500. The van der Waals surface area contributed by atoms with Gasteiger partial charge in [0.25, 0.3) is 0 Å². The molecule has 0 saturated carbocycles. The maximum absolute atomic E-state index is 12.8. The molecule has 2 atom stereocenters. The maximum atomic E-state index is 12.8. The average molecular weight is 887 g/mol. The van der Waals surface area contributed by atoms with Gasteiger partial charge in [0, 0.05) is 19.3 Å². The molecule has 0 aromatic rings. The summed E-state index contributed by atoms with van der Waals surface area (Å²) < 4.78 is 17.2. The second-order valence-corrected chi connectivity index (χ2v) is 16.6. The third kappa shape index (κ3) is 42.8. The molecule has 0 saturated heterocycles. The van der Waals surface area contributed by atoms with Gasteiger partial charge < -0.3 is 23.8 Å². The lowest BCUT2D eigenvalue weighted by Gasteiger charge is -2.31. The standard InChI is InChI=1S/C56H87NO7/c1-6-8-10-12-14-16-18-20-22-24-26-27-29-31-33-35-37-39-41-43-45-47-55(59)64-52(50-62-49-48-53(56(60)61)57(3,4)5)51-63-54(58)46-44-42-40-38-36-34-32-30-28-25-23-21-19-17-15-13-11-9-7-2/h9,11,14-17,20-23,26-28,30-31,33-34,36-37,39-40,42,52-53H,6-8,10,12-13,18-19,24-25,29,32,35,38,41,43-51H2,1-5H3/p+1/b11-9+,16-14+,17-15+,22-20+,23-21+,27-26+,30-28+,33-31+,36-34+,39-37+,42-40+. The number of esters is 2. The summed E-state index contributed by atoms with van der Waals surface area (Å²) in [5.41, 5.74) is 0. The summed E-state index contributed by atoms with van der Waals surface area (Å²) in [6, 6.07) is -0.643. The summed E-state index contributed by atoms with van der Waals surface area (Å²) in [4.78, 5) is 37.1. The summed E-state index contributed by atoms with van der Waals surface area (Å²) in [7, 11) is 5.48. The Morgan fingerprint density at radius 2 is 0.891 bits per heavy atom. The van der Waals surface area contributed by atoms with Crippen LogP contribution in [0.3, 0.4) is 0 Å². The quantitative estimate of drug-likeness (QED) is 0.0282. The number of aliphatic carboxylic acids is 1. The topological polar surface area (TPSA) is 99.1 Å². The molecule has 0 aromatic carbocycles. The third-order valence-corrected chi connectivity index (χ3v) is 9.80. The van der Waals surface area contributed by atoms with E-state index in [-0.39, 0.29) is 49.1 Å². The van der Waals surface area contributed by atoms with Crippen molar-refractivity contribution in [1.29, 1.82) is 0 Å². The van der Waals surface area contributed by atoms with Crippen LogP contribution < -0.4 is 0 Å². The van der Waals surface area contributed by atoms with Crippen LogP contribution in [-0.4, -0.2) is 80.6 Å². The molecule has 0 rings (SSSR count). The van der Waals surface area contributed by atoms with E-state index in [0.29, 0.717) is 19.3 Å². The Morgan fingerprint density at radius 1 is 0.484 bits per heavy atom. The zero-order valence-electron chi connectivity index (χ0n) is 40.7. The molecular formula is C56H88NO7+. The Labute approximate surface area is 390 Å². The molecule has 2 unspecified atom stereocenters. The van der Waals surface area contributed by atoms with Crippen LogP contribution >= 0.6 is 0 Å². The monoisotopic (exact) mass is 887 g/mol. The van der Waals surface area contributed by atoms with Crippen molar-refractivity contribution in [2.45, 2.75) is 161 Å². The van der Waals surface area contributed by atoms with E-state index < -0.39 is 18.1 Å². The summed E-state index contributed by atoms with van der Waals surface area (Å²) in [5.74, 6) is -1.65. The third-order valence-electron chi connectivity index (χ3n) is 9.80. The van der Waals surface area contributed by atoms with Crippen molar-refractivity contribution in [1.82, 2.24) is 0 Å². The predicted molar refractivity (Wildman–Crippen MR) is 270 cm³/mol. The van der Waals surface area contributed by atoms with Crippen LogP contribution in [0.4, 0.5) is 0 Å². The number of likely N-dealkylation sites (N-methyl/N-ethyl adjacent to an activating group) is 1. The molecule has 0 spiro atoms. The number of carbonyl (C=O) groups excluding carboxylic acids is 2. The Hall–Kier alpha value is -4.53. The van der Waals surface area contributed by atoms with E-state index in [9.17, 15) is 19.5 Å². The number of hydrogen-bond acceptors (Lipinski definition) is 6. The van der Waals surface area contributed by atoms with Crippen molar-refractivity contribution in [3.8, 4) is 0 Å². The predicted octanol–water partition coefficient (Wildman–Crippen LogP) is 14.0. The number of carbonyl (C=O) groups is 3. The van der Waals surface area contributed by atoms with Crippen molar-refractivity contribution < 1.29 is 38.2 Å². The number of nitrogens with zero attached hydrogens (tertiary/aromatic N) is 1. The summed E-state index contributed by atoms with van der Waals surface area (Å²) in [6.45, 7) is 4.44. The highest BCUT2D eigenvalue weighted by Crippen LogP contribution is 2.11. The van der Waals surface area contributed by atoms with Gasteiger partial charge in [0.1, 0.15) is 6.61 Å². The normalized spacial score (nSPS) is 14.1. The molecule has 0 fully saturated rings. The lowest BCUT2D eigenvalue weighted by molar-refractivity contribution is -0.887.